The molecule has 0 amide bonds. The number of hydrogen-bond donors (Lipinski definition) is 0. The molecule has 0 aliphatic rings. The highest BCUT2D eigenvalue weighted by Gasteiger charge is 2.20. The predicted molar refractivity (Wildman–Crippen MR) is 107 cm³/mol. The number of Topliss-reactive ketones (excluding diaryl/α,β-unsaturated/α-hetero) is 2. The Labute approximate surface area is 163 Å². The van der Waals surface area contributed by atoms with E-state index in [-0.39, 0.29) is 11.3 Å². The average Bonchev–Trinajstić information content (AvgIpc) is 2.67. The van der Waals surface area contributed by atoms with E-state index < -0.39 is 28.3 Å². The lowest BCUT2D eigenvalue weighted by atomic mass is 10.1. The minimum absolute atomic E-state index is 0.115. The summed E-state index contributed by atoms with van der Waals surface area (Å²) in [6.45, 7) is 1.47. The topological polar surface area (TPSA) is 77.5 Å². The summed E-state index contributed by atoms with van der Waals surface area (Å²) in [5.41, 5.74) is 0.234. The highest BCUT2D eigenvalue weighted by atomic mass is 32.2. The van der Waals surface area contributed by atoms with Crippen LogP contribution < -0.4 is 0 Å². The standard InChI is InChI=1S/C21H32O5S/c1-2-3-4-5-6-7-8-9-10-14-17-27(24,25)26-18-20(22)21(23)19-15-12-11-13-16-19/h11-13,15-16H,2-10,14,17-18H2,1H3. The molecule has 0 aliphatic carbocycles. The highest BCUT2D eigenvalue weighted by molar-refractivity contribution is 7.86. The van der Waals surface area contributed by atoms with E-state index in [1.165, 1.54) is 50.7 Å². The number of benzene rings is 1. The van der Waals surface area contributed by atoms with Gasteiger partial charge in [0.15, 0.2) is 0 Å². The third-order valence-corrected chi connectivity index (χ3v) is 5.67. The molecule has 152 valence electrons. The van der Waals surface area contributed by atoms with Crippen LogP contribution >= 0.6 is 0 Å². The fourth-order valence-corrected chi connectivity index (χ4v) is 3.75. The average molecular weight is 397 g/mol. The molecular formula is C21H32O5S. The van der Waals surface area contributed by atoms with Crippen LogP contribution in [0.3, 0.4) is 0 Å². The van der Waals surface area contributed by atoms with E-state index in [2.05, 4.69) is 6.92 Å². The number of rotatable bonds is 16. The molecule has 27 heavy (non-hydrogen) atoms. The Balaban J connectivity index is 2.13. The second-order valence-electron chi connectivity index (χ2n) is 6.82. The molecule has 1 aromatic carbocycles. The van der Waals surface area contributed by atoms with Crippen molar-refractivity contribution in [3.05, 3.63) is 35.9 Å². The lowest BCUT2D eigenvalue weighted by Gasteiger charge is -2.05. The minimum Gasteiger partial charge on any atom is -0.288 e. The van der Waals surface area contributed by atoms with Crippen molar-refractivity contribution in [2.75, 3.05) is 12.4 Å². The van der Waals surface area contributed by atoms with Crippen molar-refractivity contribution in [3.63, 3.8) is 0 Å². The van der Waals surface area contributed by atoms with E-state index in [1.807, 2.05) is 0 Å². The first-order valence-electron chi connectivity index (χ1n) is 9.96. The molecule has 0 unspecified atom stereocenters. The van der Waals surface area contributed by atoms with Gasteiger partial charge in [-0.3, -0.25) is 13.8 Å². The monoisotopic (exact) mass is 396 g/mol. The second-order valence-corrected chi connectivity index (χ2v) is 8.58. The molecule has 1 aromatic rings. The van der Waals surface area contributed by atoms with Gasteiger partial charge in [-0.25, -0.2) is 0 Å². The summed E-state index contributed by atoms with van der Waals surface area (Å²) in [5, 5.41) is 0. The Morgan fingerprint density at radius 1 is 0.815 bits per heavy atom. The van der Waals surface area contributed by atoms with E-state index in [4.69, 9.17) is 4.18 Å². The van der Waals surface area contributed by atoms with E-state index in [1.54, 1.807) is 18.2 Å². The largest absolute Gasteiger partial charge is 0.288 e. The molecule has 0 N–H and O–H groups in total. The van der Waals surface area contributed by atoms with Gasteiger partial charge in [0.05, 0.1) is 5.75 Å². The zero-order chi connectivity index (χ0) is 20.0. The van der Waals surface area contributed by atoms with Gasteiger partial charge in [0.1, 0.15) is 6.61 Å². The normalized spacial score (nSPS) is 11.4. The third-order valence-electron chi connectivity index (χ3n) is 4.41. The van der Waals surface area contributed by atoms with Crippen molar-refractivity contribution in [2.24, 2.45) is 0 Å². The minimum atomic E-state index is -3.77. The molecule has 0 aliphatic heterocycles. The van der Waals surface area contributed by atoms with Gasteiger partial charge >= 0.3 is 0 Å². The molecular weight excluding hydrogens is 364 g/mol. The molecule has 0 saturated heterocycles. The molecule has 0 saturated carbocycles. The van der Waals surface area contributed by atoms with Crippen LogP contribution in [0.25, 0.3) is 0 Å². The Kier molecular flexibility index (Phi) is 11.9. The number of hydrogen-bond acceptors (Lipinski definition) is 5. The summed E-state index contributed by atoms with van der Waals surface area (Å²) in [6.07, 6.45) is 11.1. The summed E-state index contributed by atoms with van der Waals surface area (Å²) in [5.74, 6) is -1.70. The summed E-state index contributed by atoms with van der Waals surface area (Å²) in [7, 11) is -3.77. The number of carbonyl (C=O) groups is 2. The fraction of sp³-hybridized carbons (Fsp3) is 0.619. The van der Waals surface area contributed by atoms with E-state index in [9.17, 15) is 18.0 Å². The van der Waals surface area contributed by atoms with Gasteiger partial charge in [0, 0.05) is 5.56 Å². The van der Waals surface area contributed by atoms with Crippen LogP contribution in [-0.2, 0) is 19.1 Å². The van der Waals surface area contributed by atoms with Crippen LogP contribution in [0.15, 0.2) is 30.3 Å². The van der Waals surface area contributed by atoms with E-state index >= 15 is 0 Å². The van der Waals surface area contributed by atoms with Crippen molar-refractivity contribution in [1.29, 1.82) is 0 Å². The lowest BCUT2D eigenvalue weighted by molar-refractivity contribution is -0.116. The molecule has 1 rings (SSSR count). The molecule has 0 bridgehead atoms. The van der Waals surface area contributed by atoms with Crippen LogP contribution in [-0.4, -0.2) is 32.3 Å². The summed E-state index contributed by atoms with van der Waals surface area (Å²) >= 11 is 0. The maximum absolute atomic E-state index is 11.9. The molecule has 0 radical (unpaired) electrons. The van der Waals surface area contributed by atoms with Gasteiger partial charge in [-0.1, -0.05) is 95.0 Å². The van der Waals surface area contributed by atoms with Gasteiger partial charge in [-0.05, 0) is 6.42 Å². The van der Waals surface area contributed by atoms with Gasteiger partial charge in [-0.15, -0.1) is 0 Å². The fourth-order valence-electron chi connectivity index (χ4n) is 2.78. The van der Waals surface area contributed by atoms with Crippen molar-refractivity contribution >= 4 is 21.7 Å². The van der Waals surface area contributed by atoms with Crippen LogP contribution in [0.1, 0.15) is 81.5 Å². The molecule has 0 spiro atoms. The van der Waals surface area contributed by atoms with Crippen molar-refractivity contribution in [2.45, 2.75) is 71.1 Å². The highest BCUT2D eigenvalue weighted by Crippen LogP contribution is 2.11. The number of carbonyl (C=O) groups excluding carboxylic acids is 2. The quantitative estimate of drug-likeness (QED) is 0.175. The van der Waals surface area contributed by atoms with Crippen molar-refractivity contribution in [3.8, 4) is 0 Å². The van der Waals surface area contributed by atoms with Crippen LogP contribution in [0.4, 0.5) is 0 Å². The first kappa shape index (κ1) is 23.5. The predicted octanol–water partition coefficient (Wildman–Crippen LogP) is 4.71. The Bertz CT molecular complexity index is 652. The van der Waals surface area contributed by atoms with E-state index in [0.717, 1.165) is 19.3 Å². The number of ketones is 2. The Morgan fingerprint density at radius 2 is 1.33 bits per heavy atom. The zero-order valence-electron chi connectivity index (χ0n) is 16.3. The van der Waals surface area contributed by atoms with Crippen molar-refractivity contribution < 1.29 is 22.2 Å². The molecule has 6 heteroatoms. The summed E-state index contributed by atoms with van der Waals surface area (Å²) in [6, 6.07) is 8.04. The first-order chi connectivity index (χ1) is 13.0. The molecule has 5 nitrogen and oxygen atoms in total. The maximum Gasteiger partial charge on any atom is 0.267 e. The van der Waals surface area contributed by atoms with Gasteiger partial charge in [0.2, 0.25) is 11.6 Å². The molecule has 0 heterocycles. The van der Waals surface area contributed by atoms with Crippen LogP contribution in [0.2, 0.25) is 0 Å². The maximum atomic E-state index is 11.9. The summed E-state index contributed by atoms with van der Waals surface area (Å²) in [4.78, 5) is 23.7. The van der Waals surface area contributed by atoms with Gasteiger partial charge in [0.25, 0.3) is 10.1 Å². The second kappa shape index (κ2) is 13.6. The first-order valence-corrected chi connectivity index (χ1v) is 11.5. The molecule has 0 aromatic heterocycles. The lowest BCUT2D eigenvalue weighted by Crippen LogP contribution is -2.23. The van der Waals surface area contributed by atoms with Gasteiger partial charge < -0.3 is 0 Å². The van der Waals surface area contributed by atoms with Gasteiger partial charge in [-0.2, -0.15) is 8.42 Å². The molecule has 0 atom stereocenters. The third kappa shape index (κ3) is 11.0. The smallest absolute Gasteiger partial charge is 0.267 e. The van der Waals surface area contributed by atoms with Crippen LogP contribution in [0.5, 0.6) is 0 Å². The zero-order valence-corrected chi connectivity index (χ0v) is 17.1. The SMILES string of the molecule is CCCCCCCCCCCCS(=O)(=O)OCC(=O)C(=O)c1ccccc1. The number of unbranched alkanes of at least 4 members (excludes halogenated alkanes) is 9. The molecule has 0 fully saturated rings. The van der Waals surface area contributed by atoms with E-state index in [0.29, 0.717) is 6.42 Å². The summed E-state index contributed by atoms with van der Waals surface area (Å²) < 4.78 is 28.4. The Morgan fingerprint density at radius 3 is 1.89 bits per heavy atom. The van der Waals surface area contributed by atoms with Crippen LogP contribution in [0, 0.1) is 0 Å². The Hall–Kier alpha value is -1.53. The van der Waals surface area contributed by atoms with Crippen molar-refractivity contribution in [1.82, 2.24) is 0 Å².